The first-order valence-corrected chi connectivity index (χ1v) is 6.63. The first-order chi connectivity index (χ1) is 9.31. The monoisotopic (exact) mass is 267 g/mol. The number of nitrogens with two attached hydrogens (primary N) is 1. The Bertz CT molecular complexity index is 441. The van der Waals surface area contributed by atoms with Crippen LogP contribution >= 0.6 is 0 Å². The van der Waals surface area contributed by atoms with E-state index >= 15 is 0 Å². The fourth-order valence-corrected chi connectivity index (χ4v) is 2.05. The minimum Gasteiger partial charge on any atom is -0.487 e. The van der Waals surface area contributed by atoms with Gasteiger partial charge in [0.2, 0.25) is 0 Å². The summed E-state index contributed by atoms with van der Waals surface area (Å²) in [7, 11) is 0. The second-order valence-electron chi connectivity index (χ2n) is 4.46. The largest absolute Gasteiger partial charge is 0.487 e. The van der Waals surface area contributed by atoms with Crippen LogP contribution in [0.2, 0.25) is 0 Å². The number of pyridine rings is 1. The van der Waals surface area contributed by atoms with E-state index in [1.54, 1.807) is 22.9 Å². The molecule has 0 saturated carbocycles. The molecule has 0 bridgehead atoms. The van der Waals surface area contributed by atoms with Crippen molar-refractivity contribution in [1.82, 2.24) is 9.47 Å². The van der Waals surface area contributed by atoms with Crippen molar-refractivity contribution < 1.29 is 9.47 Å². The summed E-state index contributed by atoms with van der Waals surface area (Å²) in [4.78, 5) is 14.3. The molecule has 0 spiro atoms. The Hall–Kier alpha value is -1.37. The van der Waals surface area contributed by atoms with Crippen LogP contribution in [0.1, 0.15) is 0 Å². The van der Waals surface area contributed by atoms with E-state index in [9.17, 15) is 4.79 Å². The molecule has 1 aromatic rings. The second kappa shape index (κ2) is 7.28. The Morgan fingerprint density at radius 2 is 2.11 bits per heavy atom. The van der Waals surface area contributed by atoms with E-state index in [-0.39, 0.29) is 5.56 Å². The Morgan fingerprint density at radius 3 is 2.84 bits per heavy atom. The number of hydrogen-bond acceptors (Lipinski definition) is 5. The standard InChI is InChI=1S/C13H21N3O3/c14-3-5-16-4-1-2-12(13(16)17)19-11-8-15-6-9-18-10-7-15/h1-2,4H,3,5-11,14H2. The van der Waals surface area contributed by atoms with Gasteiger partial charge in [-0.1, -0.05) is 0 Å². The molecule has 0 amide bonds. The topological polar surface area (TPSA) is 69.7 Å². The second-order valence-corrected chi connectivity index (χ2v) is 4.46. The highest BCUT2D eigenvalue weighted by molar-refractivity contribution is 5.17. The number of morpholine rings is 1. The molecular formula is C13H21N3O3. The molecule has 106 valence electrons. The van der Waals surface area contributed by atoms with E-state index in [0.717, 1.165) is 32.8 Å². The highest BCUT2D eigenvalue weighted by atomic mass is 16.5. The summed E-state index contributed by atoms with van der Waals surface area (Å²) in [5.41, 5.74) is 5.34. The Morgan fingerprint density at radius 1 is 1.32 bits per heavy atom. The van der Waals surface area contributed by atoms with Crippen LogP contribution in [-0.4, -0.2) is 55.5 Å². The predicted molar refractivity (Wildman–Crippen MR) is 72.5 cm³/mol. The van der Waals surface area contributed by atoms with Crippen molar-refractivity contribution in [2.75, 3.05) is 46.0 Å². The van der Waals surface area contributed by atoms with Gasteiger partial charge in [-0.3, -0.25) is 9.69 Å². The fraction of sp³-hybridized carbons (Fsp3) is 0.615. The van der Waals surface area contributed by atoms with E-state index in [0.29, 0.717) is 25.4 Å². The first kappa shape index (κ1) is 14.0. The van der Waals surface area contributed by atoms with Crippen molar-refractivity contribution in [2.24, 2.45) is 5.73 Å². The van der Waals surface area contributed by atoms with Gasteiger partial charge in [-0.05, 0) is 12.1 Å². The average molecular weight is 267 g/mol. The molecule has 1 aromatic heterocycles. The van der Waals surface area contributed by atoms with Gasteiger partial charge in [0.25, 0.3) is 5.56 Å². The van der Waals surface area contributed by atoms with Gasteiger partial charge in [0.05, 0.1) is 13.2 Å². The van der Waals surface area contributed by atoms with E-state index in [1.165, 1.54) is 0 Å². The lowest BCUT2D eigenvalue weighted by Crippen LogP contribution is -2.39. The summed E-state index contributed by atoms with van der Waals surface area (Å²) in [5.74, 6) is 0.393. The summed E-state index contributed by atoms with van der Waals surface area (Å²) in [6.45, 7) is 5.68. The minimum absolute atomic E-state index is 0.116. The van der Waals surface area contributed by atoms with Crippen molar-refractivity contribution in [3.63, 3.8) is 0 Å². The zero-order chi connectivity index (χ0) is 13.5. The van der Waals surface area contributed by atoms with Gasteiger partial charge in [-0.25, -0.2) is 0 Å². The highest BCUT2D eigenvalue weighted by Crippen LogP contribution is 2.03. The lowest BCUT2D eigenvalue weighted by atomic mass is 10.4. The highest BCUT2D eigenvalue weighted by Gasteiger charge is 2.10. The summed E-state index contributed by atoms with van der Waals surface area (Å²) in [5, 5.41) is 0. The number of ether oxygens (including phenoxy) is 2. The maximum atomic E-state index is 12.0. The quantitative estimate of drug-likeness (QED) is 0.754. The van der Waals surface area contributed by atoms with Crippen LogP contribution in [0.3, 0.4) is 0 Å². The van der Waals surface area contributed by atoms with Crippen molar-refractivity contribution in [1.29, 1.82) is 0 Å². The number of nitrogens with zero attached hydrogens (tertiary/aromatic N) is 2. The summed E-state index contributed by atoms with van der Waals surface area (Å²) in [6, 6.07) is 3.51. The molecule has 6 nitrogen and oxygen atoms in total. The van der Waals surface area contributed by atoms with E-state index in [2.05, 4.69) is 4.90 Å². The van der Waals surface area contributed by atoms with Gasteiger partial charge in [-0.15, -0.1) is 0 Å². The summed E-state index contributed by atoms with van der Waals surface area (Å²) in [6.07, 6.45) is 1.73. The molecule has 1 saturated heterocycles. The maximum absolute atomic E-state index is 12.0. The lowest BCUT2D eigenvalue weighted by molar-refractivity contribution is 0.0321. The van der Waals surface area contributed by atoms with Gasteiger partial charge < -0.3 is 19.8 Å². The molecule has 0 atom stereocenters. The van der Waals surface area contributed by atoms with Crippen LogP contribution in [0.15, 0.2) is 23.1 Å². The molecule has 0 aliphatic carbocycles. The van der Waals surface area contributed by atoms with Crippen molar-refractivity contribution in [3.8, 4) is 5.75 Å². The van der Waals surface area contributed by atoms with Crippen molar-refractivity contribution >= 4 is 0 Å². The molecule has 0 radical (unpaired) electrons. The van der Waals surface area contributed by atoms with Crippen molar-refractivity contribution in [3.05, 3.63) is 28.7 Å². The van der Waals surface area contributed by atoms with Crippen LogP contribution in [0.5, 0.6) is 5.75 Å². The Kier molecular flexibility index (Phi) is 5.38. The van der Waals surface area contributed by atoms with Crippen molar-refractivity contribution in [2.45, 2.75) is 6.54 Å². The Labute approximate surface area is 112 Å². The van der Waals surface area contributed by atoms with Gasteiger partial charge in [0.1, 0.15) is 6.61 Å². The predicted octanol–water partition coefficient (Wildman–Crippen LogP) is -0.482. The van der Waals surface area contributed by atoms with Crippen LogP contribution < -0.4 is 16.0 Å². The van der Waals surface area contributed by atoms with Gasteiger partial charge in [-0.2, -0.15) is 0 Å². The van der Waals surface area contributed by atoms with Crippen LogP contribution in [0, 0.1) is 0 Å². The molecule has 19 heavy (non-hydrogen) atoms. The molecule has 0 aromatic carbocycles. The number of hydrogen-bond donors (Lipinski definition) is 1. The molecule has 1 aliphatic rings. The van der Waals surface area contributed by atoms with Crippen LogP contribution in [0.25, 0.3) is 0 Å². The number of rotatable bonds is 6. The van der Waals surface area contributed by atoms with Crippen LogP contribution in [0.4, 0.5) is 0 Å². The first-order valence-electron chi connectivity index (χ1n) is 6.63. The van der Waals surface area contributed by atoms with Gasteiger partial charge in [0, 0.05) is 38.9 Å². The molecule has 2 heterocycles. The van der Waals surface area contributed by atoms with E-state index < -0.39 is 0 Å². The maximum Gasteiger partial charge on any atom is 0.292 e. The normalized spacial score (nSPS) is 16.5. The van der Waals surface area contributed by atoms with E-state index in [1.807, 2.05) is 0 Å². The molecule has 0 unspecified atom stereocenters. The van der Waals surface area contributed by atoms with Gasteiger partial charge >= 0.3 is 0 Å². The van der Waals surface area contributed by atoms with Crippen LogP contribution in [-0.2, 0) is 11.3 Å². The zero-order valence-corrected chi connectivity index (χ0v) is 11.1. The third-order valence-corrected chi connectivity index (χ3v) is 3.12. The molecule has 2 N–H and O–H groups in total. The lowest BCUT2D eigenvalue weighted by Gasteiger charge is -2.26. The average Bonchev–Trinajstić information content (AvgIpc) is 2.44. The summed E-state index contributed by atoms with van der Waals surface area (Å²) >= 11 is 0. The fourth-order valence-electron chi connectivity index (χ4n) is 2.05. The molecule has 1 aliphatic heterocycles. The third kappa shape index (κ3) is 4.05. The Balaban J connectivity index is 1.85. The smallest absolute Gasteiger partial charge is 0.292 e. The SMILES string of the molecule is NCCn1cccc(OCCN2CCOCC2)c1=O. The zero-order valence-electron chi connectivity index (χ0n) is 11.1. The molecule has 2 rings (SSSR count). The summed E-state index contributed by atoms with van der Waals surface area (Å²) < 4.78 is 12.4. The minimum atomic E-state index is -0.116. The molecule has 1 fully saturated rings. The number of aromatic nitrogens is 1. The van der Waals surface area contributed by atoms with Gasteiger partial charge in [0.15, 0.2) is 5.75 Å². The third-order valence-electron chi connectivity index (χ3n) is 3.12. The molecule has 6 heteroatoms. The van der Waals surface area contributed by atoms with E-state index in [4.69, 9.17) is 15.2 Å². The molecular weight excluding hydrogens is 246 g/mol.